The van der Waals surface area contributed by atoms with Gasteiger partial charge in [-0.05, 0) is 45.2 Å². The number of carbonyl (C=O) groups is 2. The van der Waals surface area contributed by atoms with E-state index in [1.54, 1.807) is 20.8 Å². The Labute approximate surface area is 179 Å². The van der Waals surface area contributed by atoms with Crippen molar-refractivity contribution in [3.8, 4) is 11.5 Å². The van der Waals surface area contributed by atoms with E-state index in [0.717, 1.165) is 0 Å². The van der Waals surface area contributed by atoms with Gasteiger partial charge in [0, 0.05) is 35.4 Å². The van der Waals surface area contributed by atoms with Gasteiger partial charge in [-0.25, -0.2) is 0 Å². The van der Waals surface area contributed by atoms with Crippen molar-refractivity contribution >= 4 is 17.4 Å². The molecule has 31 heavy (non-hydrogen) atoms. The number of nitro benzene ring substituents is 1. The molecule has 0 aromatic heterocycles. The van der Waals surface area contributed by atoms with E-state index in [2.05, 4.69) is 11.9 Å². The fraction of sp³-hybridized carbons (Fsp3) is 0.455. The van der Waals surface area contributed by atoms with Gasteiger partial charge in [0.2, 0.25) is 5.75 Å². The number of ketones is 1. The molecule has 2 aliphatic rings. The summed E-state index contributed by atoms with van der Waals surface area (Å²) in [6.45, 7) is 9.24. The van der Waals surface area contributed by atoms with Crippen molar-refractivity contribution in [2.75, 3.05) is 6.61 Å². The highest BCUT2D eigenvalue weighted by Crippen LogP contribution is 2.48. The standard InChI is InChI=1S/C22H26N2O7/c1-5-30-17-10-13(9-15(21(17)26)24(28)29)19-18(22(27)31-11(2)3)12(4)23-14-7-6-8-16(25)20(14)19/h9-11,18-19,23,26H,4-8H2,1-3H3. The van der Waals surface area contributed by atoms with E-state index in [-0.39, 0.29) is 18.1 Å². The first-order valence-corrected chi connectivity index (χ1v) is 10.2. The number of hydrogen-bond acceptors (Lipinski definition) is 8. The Morgan fingerprint density at radius 3 is 2.71 bits per heavy atom. The fourth-order valence-corrected chi connectivity index (χ4v) is 4.13. The van der Waals surface area contributed by atoms with Crippen LogP contribution in [-0.2, 0) is 14.3 Å². The monoisotopic (exact) mass is 430 g/mol. The zero-order valence-electron chi connectivity index (χ0n) is 17.8. The maximum Gasteiger partial charge on any atom is 0.316 e. The molecule has 1 aromatic carbocycles. The maximum absolute atomic E-state index is 13.0. The Hall–Kier alpha value is -3.36. The van der Waals surface area contributed by atoms with Gasteiger partial charge in [-0.15, -0.1) is 0 Å². The Morgan fingerprint density at radius 2 is 2.10 bits per heavy atom. The van der Waals surface area contributed by atoms with Crippen LogP contribution in [-0.4, -0.2) is 34.5 Å². The second-order valence-corrected chi connectivity index (χ2v) is 7.84. The smallest absolute Gasteiger partial charge is 0.316 e. The summed E-state index contributed by atoms with van der Waals surface area (Å²) in [7, 11) is 0. The highest BCUT2D eigenvalue weighted by atomic mass is 16.6. The number of Topliss-reactive ketones (excluding diaryl/α,β-unsaturated/α-hetero) is 1. The van der Waals surface area contributed by atoms with Crippen LogP contribution >= 0.6 is 0 Å². The van der Waals surface area contributed by atoms with Gasteiger partial charge in [0.25, 0.3) is 0 Å². The molecular weight excluding hydrogens is 404 g/mol. The summed E-state index contributed by atoms with van der Waals surface area (Å²) in [6.07, 6.45) is 1.17. The molecule has 0 amide bonds. The predicted octanol–water partition coefficient (Wildman–Crippen LogP) is 3.47. The van der Waals surface area contributed by atoms with Gasteiger partial charge in [0.15, 0.2) is 11.5 Å². The highest BCUT2D eigenvalue weighted by Gasteiger charge is 2.45. The first-order valence-electron chi connectivity index (χ1n) is 10.2. The number of nitrogens with zero attached hydrogens (tertiary/aromatic N) is 1. The molecule has 2 N–H and O–H groups in total. The molecule has 0 bridgehead atoms. The second-order valence-electron chi connectivity index (χ2n) is 7.84. The number of rotatable bonds is 6. The Kier molecular flexibility index (Phi) is 6.33. The molecule has 9 nitrogen and oxygen atoms in total. The van der Waals surface area contributed by atoms with E-state index >= 15 is 0 Å². The molecule has 9 heteroatoms. The summed E-state index contributed by atoms with van der Waals surface area (Å²) in [4.78, 5) is 36.8. The minimum absolute atomic E-state index is 0.0859. The number of esters is 1. The molecule has 0 spiro atoms. The topological polar surface area (TPSA) is 128 Å². The van der Waals surface area contributed by atoms with Gasteiger partial charge in [-0.1, -0.05) is 6.58 Å². The van der Waals surface area contributed by atoms with Crippen LogP contribution in [0.3, 0.4) is 0 Å². The Balaban J connectivity index is 2.25. The predicted molar refractivity (Wildman–Crippen MR) is 112 cm³/mol. The number of carbonyl (C=O) groups excluding carboxylic acids is 2. The summed E-state index contributed by atoms with van der Waals surface area (Å²) >= 11 is 0. The number of phenolic OH excluding ortho intramolecular Hbond substituents is 1. The third-order valence-corrected chi connectivity index (χ3v) is 5.33. The Morgan fingerprint density at radius 1 is 1.39 bits per heavy atom. The number of aromatic hydroxyl groups is 1. The molecule has 2 unspecified atom stereocenters. The lowest BCUT2D eigenvalue weighted by molar-refractivity contribution is -0.386. The summed E-state index contributed by atoms with van der Waals surface area (Å²) in [5.74, 6) is -3.23. The average molecular weight is 430 g/mol. The largest absolute Gasteiger partial charge is 0.500 e. The minimum Gasteiger partial charge on any atom is -0.500 e. The number of ether oxygens (including phenoxy) is 2. The lowest BCUT2D eigenvalue weighted by Crippen LogP contribution is -2.41. The number of hydrogen-bond donors (Lipinski definition) is 2. The van der Waals surface area contributed by atoms with Gasteiger partial charge < -0.3 is 19.9 Å². The molecule has 1 aromatic rings. The van der Waals surface area contributed by atoms with Crippen molar-refractivity contribution in [3.63, 3.8) is 0 Å². The lowest BCUT2D eigenvalue weighted by Gasteiger charge is -2.38. The van der Waals surface area contributed by atoms with Crippen LogP contribution in [0.2, 0.25) is 0 Å². The Bertz CT molecular complexity index is 980. The number of nitro groups is 1. The zero-order valence-corrected chi connectivity index (χ0v) is 17.8. The van der Waals surface area contributed by atoms with E-state index in [1.165, 1.54) is 12.1 Å². The summed E-state index contributed by atoms with van der Waals surface area (Å²) in [5, 5.41) is 24.9. The van der Waals surface area contributed by atoms with E-state index in [0.29, 0.717) is 41.8 Å². The quantitative estimate of drug-likeness (QED) is 0.399. The van der Waals surface area contributed by atoms with Crippen LogP contribution < -0.4 is 10.1 Å². The van der Waals surface area contributed by atoms with E-state index in [9.17, 15) is 24.8 Å². The number of nitrogens with one attached hydrogen (secondary N) is 1. The van der Waals surface area contributed by atoms with E-state index in [4.69, 9.17) is 9.47 Å². The molecule has 0 radical (unpaired) electrons. The first kappa shape index (κ1) is 22.3. The van der Waals surface area contributed by atoms with Crippen LogP contribution in [0.1, 0.15) is 51.5 Å². The fourth-order valence-electron chi connectivity index (χ4n) is 4.13. The molecule has 1 aliphatic carbocycles. The minimum atomic E-state index is -0.971. The molecule has 166 valence electrons. The van der Waals surface area contributed by atoms with Crippen LogP contribution in [0.15, 0.2) is 35.7 Å². The van der Waals surface area contributed by atoms with Crippen molar-refractivity contribution in [1.82, 2.24) is 5.32 Å². The molecule has 0 saturated heterocycles. The number of allylic oxidation sites excluding steroid dienone is 2. The van der Waals surface area contributed by atoms with Crippen LogP contribution in [0.25, 0.3) is 0 Å². The second kappa shape index (κ2) is 8.79. The molecule has 0 saturated carbocycles. The highest BCUT2D eigenvalue weighted by molar-refractivity contribution is 6.00. The van der Waals surface area contributed by atoms with Crippen LogP contribution in [0.5, 0.6) is 11.5 Å². The van der Waals surface area contributed by atoms with Crippen molar-refractivity contribution in [2.45, 2.75) is 52.1 Å². The lowest BCUT2D eigenvalue weighted by atomic mass is 9.71. The summed E-state index contributed by atoms with van der Waals surface area (Å²) < 4.78 is 10.8. The van der Waals surface area contributed by atoms with Gasteiger partial charge in [-0.3, -0.25) is 19.7 Å². The third kappa shape index (κ3) is 4.26. The first-order chi connectivity index (χ1) is 14.6. The maximum atomic E-state index is 13.0. The molecule has 1 heterocycles. The summed E-state index contributed by atoms with van der Waals surface area (Å²) in [6, 6.07) is 2.63. The number of phenols is 1. The molecular formula is C22H26N2O7. The molecule has 0 fully saturated rings. The van der Waals surface area contributed by atoms with Gasteiger partial charge >= 0.3 is 11.7 Å². The summed E-state index contributed by atoms with van der Waals surface area (Å²) in [5.41, 5.74) is 1.16. The van der Waals surface area contributed by atoms with E-state index < -0.39 is 40.3 Å². The van der Waals surface area contributed by atoms with Crippen molar-refractivity contribution < 1.29 is 29.1 Å². The van der Waals surface area contributed by atoms with Crippen molar-refractivity contribution in [2.24, 2.45) is 5.92 Å². The van der Waals surface area contributed by atoms with Gasteiger partial charge in [0.1, 0.15) is 5.92 Å². The van der Waals surface area contributed by atoms with Gasteiger partial charge in [0.05, 0.1) is 17.6 Å². The van der Waals surface area contributed by atoms with Crippen LogP contribution in [0, 0.1) is 16.0 Å². The van der Waals surface area contributed by atoms with E-state index in [1.807, 2.05) is 0 Å². The molecule has 2 atom stereocenters. The normalized spacial score (nSPS) is 20.9. The van der Waals surface area contributed by atoms with Crippen molar-refractivity contribution in [1.29, 1.82) is 0 Å². The molecule has 3 rings (SSSR count). The third-order valence-electron chi connectivity index (χ3n) is 5.33. The number of benzene rings is 1. The van der Waals surface area contributed by atoms with Gasteiger partial charge in [-0.2, -0.15) is 0 Å². The van der Waals surface area contributed by atoms with Crippen LogP contribution in [0.4, 0.5) is 5.69 Å². The zero-order chi connectivity index (χ0) is 22.9. The van der Waals surface area contributed by atoms with Crippen molar-refractivity contribution in [3.05, 3.63) is 51.4 Å². The molecule has 1 aliphatic heterocycles. The average Bonchev–Trinajstić information content (AvgIpc) is 2.68. The SMILES string of the molecule is C=C1NC2=C(C(=O)CCC2)C(c2cc(OCC)c(O)c([N+](=O)[O-])c2)C1C(=O)OC(C)C.